The lowest BCUT2D eigenvalue weighted by Gasteiger charge is -2.04. The van der Waals surface area contributed by atoms with Crippen LogP contribution >= 0.6 is 0 Å². The van der Waals surface area contributed by atoms with Crippen molar-refractivity contribution in [2.24, 2.45) is 12.8 Å². The Morgan fingerprint density at radius 3 is 2.67 bits per heavy atom. The van der Waals surface area contributed by atoms with Gasteiger partial charge in [0.05, 0.1) is 15.9 Å². The summed E-state index contributed by atoms with van der Waals surface area (Å²) in [6.45, 7) is 1.92. The first-order chi connectivity index (χ1) is 8.29. The molecule has 18 heavy (non-hydrogen) atoms. The number of aryl methyl sites for hydroxylation is 1. The van der Waals surface area contributed by atoms with Crippen molar-refractivity contribution in [3.8, 4) is 0 Å². The van der Waals surface area contributed by atoms with Gasteiger partial charge in [-0.15, -0.1) is 0 Å². The minimum Gasteiger partial charge on any atom is -0.331 e. The van der Waals surface area contributed by atoms with E-state index < -0.39 is 9.84 Å². The summed E-state index contributed by atoms with van der Waals surface area (Å²) in [4.78, 5) is 4.74. The largest absolute Gasteiger partial charge is 0.331 e. The Kier molecular flexibility index (Phi) is 3.16. The number of fused-ring (bicyclic) bond motifs is 1. The first-order valence-corrected chi connectivity index (χ1v) is 7.59. The van der Waals surface area contributed by atoms with Crippen LogP contribution in [0.3, 0.4) is 0 Å². The maximum Gasteiger partial charge on any atom is 0.175 e. The molecule has 5 nitrogen and oxygen atoms in total. The predicted octanol–water partition coefficient (Wildman–Crippen LogP) is 0.866. The second kappa shape index (κ2) is 4.37. The molecule has 0 saturated carbocycles. The molecule has 1 aromatic carbocycles. The van der Waals surface area contributed by atoms with Crippen molar-refractivity contribution in [2.75, 3.05) is 6.26 Å². The molecule has 1 unspecified atom stereocenters. The first kappa shape index (κ1) is 13.0. The van der Waals surface area contributed by atoms with Crippen LogP contribution in [-0.4, -0.2) is 30.3 Å². The fraction of sp³-hybridized carbons (Fsp3) is 0.417. The van der Waals surface area contributed by atoms with Crippen molar-refractivity contribution in [1.29, 1.82) is 0 Å². The van der Waals surface area contributed by atoms with Crippen molar-refractivity contribution >= 4 is 20.9 Å². The number of nitrogens with two attached hydrogens (primary N) is 1. The summed E-state index contributed by atoms with van der Waals surface area (Å²) in [7, 11) is -1.28. The van der Waals surface area contributed by atoms with E-state index in [1.807, 2.05) is 18.5 Å². The van der Waals surface area contributed by atoms with Gasteiger partial charge in [-0.25, -0.2) is 13.4 Å². The molecule has 1 heterocycles. The fourth-order valence-corrected chi connectivity index (χ4v) is 2.57. The van der Waals surface area contributed by atoms with Crippen LogP contribution in [0.15, 0.2) is 23.1 Å². The second-order valence-electron chi connectivity index (χ2n) is 4.69. The minimum atomic E-state index is -3.19. The van der Waals surface area contributed by atoms with Gasteiger partial charge in [-0.05, 0) is 25.1 Å². The molecule has 0 aliphatic rings. The Morgan fingerprint density at radius 1 is 1.44 bits per heavy atom. The van der Waals surface area contributed by atoms with Crippen LogP contribution in [0.1, 0.15) is 12.7 Å². The third-order valence-corrected chi connectivity index (χ3v) is 3.99. The van der Waals surface area contributed by atoms with Crippen LogP contribution in [0, 0.1) is 0 Å². The molecule has 0 aliphatic heterocycles. The predicted molar refractivity (Wildman–Crippen MR) is 71.2 cm³/mol. The van der Waals surface area contributed by atoms with E-state index in [0.29, 0.717) is 16.8 Å². The van der Waals surface area contributed by atoms with Crippen molar-refractivity contribution < 1.29 is 8.42 Å². The highest BCUT2D eigenvalue weighted by Crippen LogP contribution is 2.20. The van der Waals surface area contributed by atoms with E-state index in [1.165, 1.54) is 6.26 Å². The zero-order valence-corrected chi connectivity index (χ0v) is 11.5. The standard InChI is InChI=1S/C12H17N3O2S/c1-8(13)6-12-14-10-7-9(18(3,16)17)4-5-11(10)15(12)2/h4-5,7-8H,6,13H2,1-3H3. The van der Waals surface area contributed by atoms with Crippen LogP contribution in [0.4, 0.5) is 0 Å². The van der Waals surface area contributed by atoms with Gasteiger partial charge in [0, 0.05) is 25.8 Å². The Hall–Kier alpha value is -1.40. The molecule has 0 amide bonds. The second-order valence-corrected chi connectivity index (χ2v) is 6.71. The first-order valence-electron chi connectivity index (χ1n) is 5.70. The van der Waals surface area contributed by atoms with E-state index in [0.717, 1.165) is 11.3 Å². The van der Waals surface area contributed by atoms with Crippen LogP contribution in [-0.2, 0) is 23.3 Å². The number of sulfone groups is 1. The molecular weight excluding hydrogens is 250 g/mol. The molecule has 2 aromatic rings. The summed E-state index contributed by atoms with van der Waals surface area (Å²) < 4.78 is 24.9. The lowest BCUT2D eigenvalue weighted by Crippen LogP contribution is -2.19. The SMILES string of the molecule is CC(N)Cc1nc2cc(S(C)(=O)=O)ccc2n1C. The van der Waals surface area contributed by atoms with E-state index >= 15 is 0 Å². The Morgan fingerprint density at radius 2 is 2.11 bits per heavy atom. The van der Waals surface area contributed by atoms with Crippen molar-refractivity contribution in [1.82, 2.24) is 9.55 Å². The highest BCUT2D eigenvalue weighted by Gasteiger charge is 2.13. The van der Waals surface area contributed by atoms with Crippen molar-refractivity contribution in [3.05, 3.63) is 24.0 Å². The number of hydrogen-bond acceptors (Lipinski definition) is 4. The Labute approximate surface area is 107 Å². The molecule has 0 fully saturated rings. The van der Waals surface area contributed by atoms with Gasteiger partial charge in [0.25, 0.3) is 0 Å². The van der Waals surface area contributed by atoms with E-state index in [9.17, 15) is 8.42 Å². The molecular formula is C12H17N3O2S. The number of benzene rings is 1. The fourth-order valence-electron chi connectivity index (χ4n) is 1.93. The summed E-state index contributed by atoms with van der Waals surface area (Å²) in [6.07, 6.45) is 1.86. The Bertz CT molecular complexity index is 687. The van der Waals surface area contributed by atoms with E-state index in [-0.39, 0.29) is 6.04 Å². The molecule has 2 rings (SSSR count). The summed E-state index contributed by atoms with van der Waals surface area (Å²) in [5.74, 6) is 0.866. The van der Waals surface area contributed by atoms with Gasteiger partial charge >= 0.3 is 0 Å². The van der Waals surface area contributed by atoms with Gasteiger partial charge in [0.15, 0.2) is 9.84 Å². The summed E-state index contributed by atoms with van der Waals surface area (Å²) in [5, 5.41) is 0. The molecule has 0 radical (unpaired) electrons. The quantitative estimate of drug-likeness (QED) is 0.895. The summed E-state index contributed by atoms with van der Waals surface area (Å²) in [6, 6.07) is 5.02. The number of aromatic nitrogens is 2. The molecule has 6 heteroatoms. The van der Waals surface area contributed by atoms with Crippen molar-refractivity contribution in [2.45, 2.75) is 24.3 Å². The van der Waals surface area contributed by atoms with Crippen LogP contribution in [0.5, 0.6) is 0 Å². The lowest BCUT2D eigenvalue weighted by molar-refractivity contribution is 0.602. The number of hydrogen-bond donors (Lipinski definition) is 1. The van der Waals surface area contributed by atoms with Gasteiger partial charge < -0.3 is 10.3 Å². The zero-order valence-electron chi connectivity index (χ0n) is 10.7. The van der Waals surface area contributed by atoms with E-state index in [4.69, 9.17) is 5.73 Å². The monoisotopic (exact) mass is 267 g/mol. The zero-order chi connectivity index (χ0) is 13.5. The highest BCUT2D eigenvalue weighted by molar-refractivity contribution is 7.90. The van der Waals surface area contributed by atoms with Gasteiger partial charge in [-0.3, -0.25) is 0 Å². The minimum absolute atomic E-state index is 0.0230. The lowest BCUT2D eigenvalue weighted by atomic mass is 10.2. The van der Waals surface area contributed by atoms with Gasteiger partial charge in [0.2, 0.25) is 0 Å². The number of rotatable bonds is 3. The van der Waals surface area contributed by atoms with Crippen molar-refractivity contribution in [3.63, 3.8) is 0 Å². The molecule has 0 saturated heterocycles. The van der Waals surface area contributed by atoms with Crippen LogP contribution in [0.25, 0.3) is 11.0 Å². The maximum atomic E-state index is 11.5. The van der Waals surface area contributed by atoms with Gasteiger partial charge in [-0.2, -0.15) is 0 Å². The average Bonchev–Trinajstić information content (AvgIpc) is 2.53. The molecule has 2 N–H and O–H groups in total. The Balaban J connectivity index is 2.59. The average molecular weight is 267 g/mol. The van der Waals surface area contributed by atoms with Crippen LogP contribution in [0.2, 0.25) is 0 Å². The molecule has 0 spiro atoms. The molecule has 0 aliphatic carbocycles. The smallest absolute Gasteiger partial charge is 0.175 e. The molecule has 98 valence electrons. The van der Waals surface area contributed by atoms with Gasteiger partial charge in [-0.1, -0.05) is 0 Å². The third-order valence-electron chi connectivity index (χ3n) is 2.88. The maximum absolute atomic E-state index is 11.5. The topological polar surface area (TPSA) is 78.0 Å². The van der Waals surface area contributed by atoms with Gasteiger partial charge in [0.1, 0.15) is 5.82 Å². The number of imidazole rings is 1. The third kappa shape index (κ3) is 2.39. The summed E-state index contributed by atoms with van der Waals surface area (Å²) >= 11 is 0. The normalized spacial score (nSPS) is 14.0. The highest BCUT2D eigenvalue weighted by atomic mass is 32.2. The number of nitrogens with zero attached hydrogens (tertiary/aromatic N) is 2. The molecule has 1 atom stereocenters. The van der Waals surface area contributed by atoms with E-state index in [1.54, 1.807) is 18.2 Å². The molecule has 1 aromatic heterocycles. The molecule has 0 bridgehead atoms. The summed E-state index contributed by atoms with van der Waals surface area (Å²) in [5.41, 5.74) is 7.37. The van der Waals surface area contributed by atoms with E-state index in [2.05, 4.69) is 4.98 Å². The van der Waals surface area contributed by atoms with Crippen LogP contribution < -0.4 is 5.73 Å².